The fraction of sp³-hybridized carbons (Fsp3) is 0.364. The van der Waals surface area contributed by atoms with E-state index in [1.54, 1.807) is 13.2 Å². The van der Waals surface area contributed by atoms with Crippen molar-refractivity contribution >= 4 is 11.5 Å². The van der Waals surface area contributed by atoms with E-state index in [1.807, 2.05) is 6.92 Å². The van der Waals surface area contributed by atoms with Crippen molar-refractivity contribution in [2.75, 3.05) is 20.3 Å². The van der Waals surface area contributed by atoms with Gasteiger partial charge in [0.1, 0.15) is 5.84 Å². The Labute approximate surface area is 99.3 Å². The van der Waals surface area contributed by atoms with Gasteiger partial charge in [0.2, 0.25) is 0 Å². The maximum atomic E-state index is 10.7. The summed E-state index contributed by atoms with van der Waals surface area (Å²) in [5.41, 5.74) is 7.24. The summed E-state index contributed by atoms with van der Waals surface area (Å²) in [6.07, 6.45) is 0. The topological polar surface area (TPSA) is 90.8 Å². The molecule has 0 spiro atoms. The molecule has 17 heavy (non-hydrogen) atoms. The van der Waals surface area contributed by atoms with Crippen LogP contribution in [0, 0.1) is 17.0 Å². The van der Waals surface area contributed by atoms with Gasteiger partial charge < -0.3 is 10.5 Å². The van der Waals surface area contributed by atoms with E-state index >= 15 is 0 Å². The molecule has 0 saturated heterocycles. The number of aryl methyl sites for hydroxylation is 1. The molecule has 0 heterocycles. The number of methoxy groups -OCH3 is 1. The van der Waals surface area contributed by atoms with Crippen LogP contribution < -0.4 is 5.73 Å². The van der Waals surface area contributed by atoms with Gasteiger partial charge in [-0.05, 0) is 12.5 Å². The third kappa shape index (κ3) is 3.53. The normalized spacial score (nSPS) is 11.5. The number of aliphatic imine (C=N–C) groups is 1. The molecule has 0 aliphatic rings. The first-order chi connectivity index (χ1) is 8.06. The van der Waals surface area contributed by atoms with Gasteiger partial charge in [-0.1, -0.05) is 6.07 Å². The summed E-state index contributed by atoms with van der Waals surface area (Å²) >= 11 is 0. The molecule has 0 aliphatic heterocycles. The highest BCUT2D eigenvalue weighted by atomic mass is 16.6. The van der Waals surface area contributed by atoms with E-state index in [1.165, 1.54) is 12.1 Å². The van der Waals surface area contributed by atoms with E-state index in [9.17, 15) is 10.1 Å². The van der Waals surface area contributed by atoms with Gasteiger partial charge in [0.05, 0.1) is 18.1 Å². The van der Waals surface area contributed by atoms with Gasteiger partial charge in [0.25, 0.3) is 5.69 Å². The van der Waals surface area contributed by atoms with Gasteiger partial charge in [0, 0.05) is 24.8 Å². The Balaban J connectivity index is 2.99. The van der Waals surface area contributed by atoms with E-state index < -0.39 is 4.92 Å². The lowest BCUT2D eigenvalue weighted by atomic mass is 10.1. The second-order valence-corrected chi connectivity index (χ2v) is 3.52. The SMILES string of the molecule is COCCN=C(N)c1cc([N+](=O)[O-])ccc1C. The molecule has 0 atom stereocenters. The van der Waals surface area contributed by atoms with E-state index in [2.05, 4.69) is 4.99 Å². The van der Waals surface area contributed by atoms with Crippen LogP contribution in [-0.4, -0.2) is 31.0 Å². The number of ether oxygens (including phenoxy) is 1. The van der Waals surface area contributed by atoms with Crippen LogP contribution in [0.2, 0.25) is 0 Å². The highest BCUT2D eigenvalue weighted by molar-refractivity contribution is 5.99. The second-order valence-electron chi connectivity index (χ2n) is 3.52. The Morgan fingerprint density at radius 2 is 2.29 bits per heavy atom. The molecule has 2 N–H and O–H groups in total. The summed E-state index contributed by atoms with van der Waals surface area (Å²) in [4.78, 5) is 14.3. The van der Waals surface area contributed by atoms with Crippen molar-refractivity contribution in [1.29, 1.82) is 0 Å². The van der Waals surface area contributed by atoms with Crippen molar-refractivity contribution in [2.24, 2.45) is 10.7 Å². The van der Waals surface area contributed by atoms with Crippen molar-refractivity contribution in [3.05, 3.63) is 39.4 Å². The van der Waals surface area contributed by atoms with Crippen LogP contribution in [0.1, 0.15) is 11.1 Å². The lowest BCUT2D eigenvalue weighted by molar-refractivity contribution is -0.384. The molecule has 0 saturated carbocycles. The van der Waals surface area contributed by atoms with Gasteiger partial charge in [-0.15, -0.1) is 0 Å². The third-order valence-electron chi connectivity index (χ3n) is 2.29. The molecule has 0 fully saturated rings. The molecule has 0 aliphatic carbocycles. The number of non-ortho nitro benzene ring substituents is 1. The molecule has 1 aromatic carbocycles. The minimum atomic E-state index is -0.453. The number of rotatable bonds is 5. The van der Waals surface area contributed by atoms with Crippen LogP contribution in [-0.2, 0) is 4.74 Å². The standard InChI is InChI=1S/C11H15N3O3/c1-8-3-4-9(14(15)16)7-10(8)11(12)13-5-6-17-2/h3-4,7H,5-6H2,1-2H3,(H2,12,13). The fourth-order valence-electron chi connectivity index (χ4n) is 1.34. The van der Waals surface area contributed by atoms with Crippen LogP contribution in [0.15, 0.2) is 23.2 Å². The van der Waals surface area contributed by atoms with E-state index in [0.717, 1.165) is 5.56 Å². The van der Waals surface area contributed by atoms with E-state index in [0.29, 0.717) is 24.6 Å². The monoisotopic (exact) mass is 237 g/mol. The zero-order valence-corrected chi connectivity index (χ0v) is 9.84. The third-order valence-corrected chi connectivity index (χ3v) is 2.29. The highest BCUT2D eigenvalue weighted by Crippen LogP contribution is 2.16. The molecule has 6 heteroatoms. The quantitative estimate of drug-likeness (QED) is 0.274. The second kappa shape index (κ2) is 5.95. The highest BCUT2D eigenvalue weighted by Gasteiger charge is 2.10. The summed E-state index contributed by atoms with van der Waals surface area (Å²) in [5, 5.41) is 10.7. The Hall–Kier alpha value is -1.95. The van der Waals surface area contributed by atoms with Crippen LogP contribution >= 0.6 is 0 Å². The maximum Gasteiger partial charge on any atom is 0.270 e. The number of nitro groups is 1. The first-order valence-corrected chi connectivity index (χ1v) is 5.10. The van der Waals surface area contributed by atoms with Gasteiger partial charge in [-0.25, -0.2) is 0 Å². The van der Waals surface area contributed by atoms with Gasteiger partial charge in [-0.3, -0.25) is 15.1 Å². The average Bonchev–Trinajstić information content (AvgIpc) is 2.29. The van der Waals surface area contributed by atoms with E-state index in [-0.39, 0.29) is 5.69 Å². The first kappa shape index (κ1) is 13.1. The van der Waals surface area contributed by atoms with Crippen molar-refractivity contribution in [3.63, 3.8) is 0 Å². The zero-order valence-electron chi connectivity index (χ0n) is 9.84. The predicted octanol–water partition coefficient (Wildman–Crippen LogP) is 1.25. The molecule has 6 nitrogen and oxygen atoms in total. The minimum Gasteiger partial charge on any atom is -0.383 e. The summed E-state index contributed by atoms with van der Waals surface area (Å²) in [5.74, 6) is 0.295. The fourth-order valence-corrected chi connectivity index (χ4v) is 1.34. The van der Waals surface area contributed by atoms with Crippen molar-refractivity contribution in [1.82, 2.24) is 0 Å². The Morgan fingerprint density at radius 3 is 2.88 bits per heavy atom. The molecule has 1 aromatic rings. The van der Waals surface area contributed by atoms with Gasteiger partial charge >= 0.3 is 0 Å². The van der Waals surface area contributed by atoms with Crippen LogP contribution in [0.25, 0.3) is 0 Å². The Morgan fingerprint density at radius 1 is 1.59 bits per heavy atom. The van der Waals surface area contributed by atoms with Crippen LogP contribution in [0.5, 0.6) is 0 Å². The molecule has 0 radical (unpaired) electrons. The predicted molar refractivity (Wildman–Crippen MR) is 65.3 cm³/mol. The average molecular weight is 237 g/mol. The summed E-state index contributed by atoms with van der Waals surface area (Å²) in [6.45, 7) is 2.73. The molecule has 0 bridgehead atoms. The van der Waals surface area contributed by atoms with Crippen molar-refractivity contribution in [2.45, 2.75) is 6.92 Å². The number of hydrogen-bond acceptors (Lipinski definition) is 4. The lowest BCUT2D eigenvalue weighted by Crippen LogP contribution is -2.16. The van der Waals surface area contributed by atoms with Crippen molar-refractivity contribution < 1.29 is 9.66 Å². The van der Waals surface area contributed by atoms with E-state index in [4.69, 9.17) is 10.5 Å². The van der Waals surface area contributed by atoms with Crippen LogP contribution in [0.3, 0.4) is 0 Å². The Kier molecular flexibility index (Phi) is 4.59. The van der Waals surface area contributed by atoms with Crippen LogP contribution in [0.4, 0.5) is 5.69 Å². The number of benzene rings is 1. The molecule has 0 unspecified atom stereocenters. The lowest BCUT2D eigenvalue weighted by Gasteiger charge is -2.05. The number of hydrogen-bond donors (Lipinski definition) is 1. The molecular formula is C11H15N3O3. The molecule has 0 aromatic heterocycles. The first-order valence-electron chi connectivity index (χ1n) is 5.10. The van der Waals surface area contributed by atoms with Crippen molar-refractivity contribution in [3.8, 4) is 0 Å². The molecular weight excluding hydrogens is 222 g/mol. The van der Waals surface area contributed by atoms with Gasteiger partial charge in [0.15, 0.2) is 0 Å². The molecule has 0 amide bonds. The summed E-state index contributed by atoms with van der Waals surface area (Å²) < 4.78 is 4.85. The van der Waals surface area contributed by atoms with Gasteiger partial charge in [-0.2, -0.15) is 0 Å². The summed E-state index contributed by atoms with van der Waals surface area (Å²) in [6, 6.07) is 4.54. The number of amidine groups is 1. The largest absolute Gasteiger partial charge is 0.383 e. The number of nitro benzene ring substituents is 1. The molecule has 1 rings (SSSR count). The maximum absolute atomic E-state index is 10.7. The smallest absolute Gasteiger partial charge is 0.270 e. The summed E-state index contributed by atoms with van der Waals surface area (Å²) in [7, 11) is 1.57. The number of nitrogens with two attached hydrogens (primary N) is 1. The Bertz CT molecular complexity index is 444. The zero-order chi connectivity index (χ0) is 12.8. The minimum absolute atomic E-state index is 0.00971. The molecule has 92 valence electrons. The number of nitrogens with zero attached hydrogens (tertiary/aromatic N) is 2.